The zero-order chi connectivity index (χ0) is 23.4. The summed E-state index contributed by atoms with van der Waals surface area (Å²) in [5, 5.41) is 9.24. The van der Waals surface area contributed by atoms with Crippen LogP contribution in [-0.4, -0.2) is 32.2 Å². The maximum Gasteiger partial charge on any atom is 0.434 e. The van der Waals surface area contributed by atoms with Crippen molar-refractivity contribution in [2.24, 2.45) is 0 Å². The molecular formula is C23H20F3N5OS. The summed E-state index contributed by atoms with van der Waals surface area (Å²) in [4.78, 5) is 21.1. The van der Waals surface area contributed by atoms with Gasteiger partial charge in [0.15, 0.2) is 5.69 Å². The highest BCUT2D eigenvalue weighted by Gasteiger charge is 2.40. The predicted molar refractivity (Wildman–Crippen MR) is 119 cm³/mol. The molecule has 0 saturated carbocycles. The molecule has 0 aliphatic heterocycles. The first-order chi connectivity index (χ1) is 15.8. The monoisotopic (exact) mass is 471 g/mol. The van der Waals surface area contributed by atoms with Crippen molar-refractivity contribution in [2.45, 2.75) is 25.9 Å². The Hall–Kier alpha value is -3.53. The van der Waals surface area contributed by atoms with Crippen LogP contribution in [0.1, 0.15) is 33.0 Å². The first-order valence-electron chi connectivity index (χ1n) is 10.2. The number of nitrogens with one attached hydrogen (secondary N) is 1. The molecule has 0 atom stereocenters. The summed E-state index contributed by atoms with van der Waals surface area (Å²) in [6.07, 6.45) is 0.755. The van der Waals surface area contributed by atoms with Crippen molar-refractivity contribution in [1.82, 2.24) is 25.1 Å². The molecule has 10 heteroatoms. The molecule has 1 amide bonds. The van der Waals surface area contributed by atoms with Gasteiger partial charge in [0.2, 0.25) is 0 Å². The van der Waals surface area contributed by atoms with E-state index in [0.717, 1.165) is 32.7 Å². The number of alkyl halides is 3. The number of rotatable bonds is 7. The number of thiazole rings is 1. The Morgan fingerprint density at radius 1 is 1.12 bits per heavy atom. The number of pyridine rings is 1. The van der Waals surface area contributed by atoms with Gasteiger partial charge in [-0.3, -0.25) is 9.78 Å². The number of benzene rings is 1. The van der Waals surface area contributed by atoms with Gasteiger partial charge in [0.05, 0.1) is 28.1 Å². The lowest BCUT2D eigenvalue weighted by atomic mass is 10.2. The van der Waals surface area contributed by atoms with E-state index in [1.165, 1.54) is 23.5 Å². The van der Waals surface area contributed by atoms with Crippen LogP contribution in [0.25, 0.3) is 16.9 Å². The van der Waals surface area contributed by atoms with E-state index in [4.69, 9.17) is 0 Å². The van der Waals surface area contributed by atoms with E-state index in [1.54, 1.807) is 24.5 Å². The Kier molecular flexibility index (Phi) is 6.55. The van der Waals surface area contributed by atoms with Crippen molar-refractivity contribution in [2.75, 3.05) is 6.54 Å². The van der Waals surface area contributed by atoms with Crippen molar-refractivity contribution in [3.8, 4) is 16.9 Å². The van der Waals surface area contributed by atoms with Crippen LogP contribution in [-0.2, 0) is 12.6 Å². The fraction of sp³-hybridized carbons (Fsp3) is 0.217. The third-order valence-corrected chi connectivity index (χ3v) is 5.85. The summed E-state index contributed by atoms with van der Waals surface area (Å²) in [6.45, 7) is 2.05. The average Bonchev–Trinajstić information content (AvgIpc) is 3.45. The number of nitrogens with zero attached hydrogens (tertiary/aromatic N) is 4. The number of carbonyl (C=O) groups excluding carboxylic acids is 1. The fourth-order valence-electron chi connectivity index (χ4n) is 3.29. The smallest absolute Gasteiger partial charge is 0.352 e. The molecule has 170 valence electrons. The summed E-state index contributed by atoms with van der Waals surface area (Å²) >= 11 is 1.50. The lowest BCUT2D eigenvalue weighted by Crippen LogP contribution is -2.27. The van der Waals surface area contributed by atoms with Gasteiger partial charge in [-0.05, 0) is 37.6 Å². The third kappa shape index (κ3) is 5.28. The van der Waals surface area contributed by atoms with Gasteiger partial charge in [0, 0.05) is 36.3 Å². The summed E-state index contributed by atoms with van der Waals surface area (Å²) in [5.41, 5.74) is 1.36. The molecule has 33 heavy (non-hydrogen) atoms. The first-order valence-corrected chi connectivity index (χ1v) is 11.1. The molecule has 4 rings (SSSR count). The third-order valence-electron chi connectivity index (χ3n) is 4.94. The quantitative estimate of drug-likeness (QED) is 0.382. The van der Waals surface area contributed by atoms with Crippen molar-refractivity contribution in [3.05, 3.63) is 82.2 Å². The highest BCUT2D eigenvalue weighted by Crippen LogP contribution is 2.33. The minimum atomic E-state index is -4.74. The Labute approximate surface area is 192 Å². The molecule has 0 bridgehead atoms. The van der Waals surface area contributed by atoms with E-state index in [-0.39, 0.29) is 12.2 Å². The second kappa shape index (κ2) is 9.53. The van der Waals surface area contributed by atoms with Crippen LogP contribution in [0.3, 0.4) is 0 Å². The fourth-order valence-corrected chi connectivity index (χ4v) is 4.14. The van der Waals surface area contributed by atoms with Crippen LogP contribution in [0, 0.1) is 6.92 Å². The zero-order valence-electron chi connectivity index (χ0n) is 17.6. The molecule has 1 N–H and O–H groups in total. The van der Waals surface area contributed by atoms with Crippen LogP contribution in [0.15, 0.2) is 60.4 Å². The lowest BCUT2D eigenvalue weighted by molar-refractivity contribution is -0.143. The maximum absolute atomic E-state index is 13.8. The number of hydrogen-bond donors (Lipinski definition) is 1. The van der Waals surface area contributed by atoms with Gasteiger partial charge in [0.25, 0.3) is 5.91 Å². The van der Waals surface area contributed by atoms with E-state index < -0.39 is 23.3 Å². The van der Waals surface area contributed by atoms with Gasteiger partial charge in [0.1, 0.15) is 0 Å². The number of halogens is 3. The van der Waals surface area contributed by atoms with E-state index in [0.29, 0.717) is 12.8 Å². The molecule has 3 heterocycles. The van der Waals surface area contributed by atoms with Gasteiger partial charge < -0.3 is 5.32 Å². The van der Waals surface area contributed by atoms with Crippen molar-refractivity contribution in [1.29, 1.82) is 0 Å². The Morgan fingerprint density at radius 3 is 2.55 bits per heavy atom. The normalized spacial score (nSPS) is 11.5. The lowest BCUT2D eigenvalue weighted by Gasteiger charge is -2.13. The second-order valence-electron chi connectivity index (χ2n) is 7.37. The number of hydrogen-bond acceptors (Lipinski definition) is 5. The molecule has 0 aliphatic rings. The standard InChI is InChI=1S/C23H20F3N5OS/c1-15-4-6-17(7-5-15)31-21(23(24,25)26)18(13-29-31)22(32)28-10-2-3-20-30-19(14-33-20)16-8-11-27-12-9-16/h4-9,11-14H,2-3,10H2,1H3,(H,28,32). The summed E-state index contributed by atoms with van der Waals surface area (Å²) in [6, 6.07) is 10.2. The highest BCUT2D eigenvalue weighted by molar-refractivity contribution is 7.09. The minimum Gasteiger partial charge on any atom is -0.352 e. The average molecular weight is 472 g/mol. The number of amides is 1. The number of aromatic nitrogens is 4. The van der Waals surface area contributed by atoms with Gasteiger partial charge in [-0.25, -0.2) is 9.67 Å². The van der Waals surface area contributed by atoms with Crippen LogP contribution in [0.2, 0.25) is 0 Å². The molecule has 1 aromatic carbocycles. The molecule has 6 nitrogen and oxygen atoms in total. The predicted octanol–water partition coefficient (Wildman–Crippen LogP) is 5.08. The van der Waals surface area contributed by atoms with Gasteiger partial charge in [-0.2, -0.15) is 18.3 Å². The maximum atomic E-state index is 13.8. The van der Waals surface area contributed by atoms with E-state index in [9.17, 15) is 18.0 Å². The molecule has 0 aliphatic carbocycles. The van der Waals surface area contributed by atoms with E-state index >= 15 is 0 Å². The Balaban J connectivity index is 1.40. The SMILES string of the molecule is Cc1ccc(-n2ncc(C(=O)NCCCc3nc(-c4ccncc4)cs3)c2C(F)(F)F)cc1. The highest BCUT2D eigenvalue weighted by atomic mass is 32.1. The zero-order valence-corrected chi connectivity index (χ0v) is 18.5. The van der Waals surface area contributed by atoms with Crippen LogP contribution >= 0.6 is 11.3 Å². The molecule has 0 spiro atoms. The van der Waals surface area contributed by atoms with Gasteiger partial charge in [-0.1, -0.05) is 17.7 Å². The minimum absolute atomic E-state index is 0.218. The first kappa shape index (κ1) is 22.7. The molecule has 4 aromatic rings. The van der Waals surface area contributed by atoms with Crippen LogP contribution in [0.4, 0.5) is 13.2 Å². The summed E-state index contributed by atoms with van der Waals surface area (Å²) in [7, 11) is 0. The van der Waals surface area contributed by atoms with Crippen molar-refractivity contribution in [3.63, 3.8) is 0 Å². The van der Waals surface area contributed by atoms with Gasteiger partial charge in [-0.15, -0.1) is 11.3 Å². The molecular weight excluding hydrogens is 451 g/mol. The topological polar surface area (TPSA) is 72.7 Å². The number of aryl methyl sites for hydroxylation is 2. The summed E-state index contributed by atoms with van der Waals surface area (Å²) in [5.74, 6) is -0.808. The molecule has 0 saturated heterocycles. The van der Waals surface area contributed by atoms with Crippen LogP contribution < -0.4 is 5.32 Å². The van der Waals surface area contributed by atoms with Gasteiger partial charge >= 0.3 is 6.18 Å². The Bertz CT molecular complexity index is 1230. The van der Waals surface area contributed by atoms with E-state index in [1.807, 2.05) is 24.4 Å². The van der Waals surface area contributed by atoms with Crippen LogP contribution in [0.5, 0.6) is 0 Å². The molecule has 0 fully saturated rings. The second-order valence-corrected chi connectivity index (χ2v) is 8.32. The van der Waals surface area contributed by atoms with Crippen molar-refractivity contribution >= 4 is 17.2 Å². The molecule has 0 unspecified atom stereocenters. The molecule has 3 aromatic heterocycles. The number of carbonyl (C=O) groups is 1. The Morgan fingerprint density at radius 2 is 1.85 bits per heavy atom. The largest absolute Gasteiger partial charge is 0.434 e. The summed E-state index contributed by atoms with van der Waals surface area (Å²) < 4.78 is 42.1. The molecule has 0 radical (unpaired) electrons. The van der Waals surface area contributed by atoms with E-state index in [2.05, 4.69) is 20.4 Å². The van der Waals surface area contributed by atoms with Crippen molar-refractivity contribution < 1.29 is 18.0 Å².